The summed E-state index contributed by atoms with van der Waals surface area (Å²) in [7, 11) is 0.0237. The van der Waals surface area contributed by atoms with E-state index in [1.54, 1.807) is 5.38 Å². The molecule has 6 nitrogen and oxygen atoms in total. The lowest BCUT2D eigenvalue weighted by atomic mass is 10.0. The van der Waals surface area contributed by atoms with Gasteiger partial charge in [-0.1, -0.05) is 11.6 Å². The molecule has 3 rings (SSSR count). The number of hydrogen-bond acceptors (Lipinski definition) is 6. The third-order valence-electron chi connectivity index (χ3n) is 4.79. The van der Waals surface area contributed by atoms with Crippen LogP contribution in [0.2, 0.25) is 5.02 Å². The van der Waals surface area contributed by atoms with Gasteiger partial charge in [-0.05, 0) is 51.9 Å². The van der Waals surface area contributed by atoms with Crippen LogP contribution in [0.15, 0.2) is 28.6 Å². The van der Waals surface area contributed by atoms with Gasteiger partial charge in [0.05, 0.1) is 10.7 Å². The number of thiazole rings is 1. The van der Waals surface area contributed by atoms with Gasteiger partial charge in [-0.15, -0.1) is 11.3 Å². The van der Waals surface area contributed by atoms with Crippen LogP contribution in [0.4, 0.5) is 15.2 Å². The number of nitrogens with zero attached hydrogens (tertiary/aromatic N) is 3. The number of benzene rings is 1. The summed E-state index contributed by atoms with van der Waals surface area (Å²) < 4.78 is 41.9. The highest BCUT2D eigenvalue weighted by molar-refractivity contribution is 7.93. The van der Waals surface area contributed by atoms with Crippen molar-refractivity contribution in [2.45, 2.75) is 24.2 Å². The van der Waals surface area contributed by atoms with Gasteiger partial charge in [0.25, 0.3) is 10.0 Å². The molecular weight excluding hydrogens is 423 g/mol. The lowest BCUT2D eigenvalue weighted by molar-refractivity contribution is 0.373. The van der Waals surface area contributed by atoms with E-state index < -0.39 is 20.7 Å². The van der Waals surface area contributed by atoms with Gasteiger partial charge < -0.3 is 9.80 Å². The second-order valence-electron chi connectivity index (χ2n) is 7.22. The third kappa shape index (κ3) is 5.14. The fourth-order valence-corrected chi connectivity index (χ4v) is 5.62. The molecule has 0 spiro atoms. The van der Waals surface area contributed by atoms with Gasteiger partial charge in [-0.3, -0.25) is 4.72 Å². The van der Waals surface area contributed by atoms with Crippen LogP contribution in [0.3, 0.4) is 0 Å². The van der Waals surface area contributed by atoms with Crippen molar-refractivity contribution in [1.82, 2.24) is 9.88 Å². The number of rotatable bonds is 8. The number of hydrogen-bond donors (Lipinski definition) is 1. The Bertz CT molecular complexity index is 907. The Morgan fingerprint density at radius 3 is 2.89 bits per heavy atom. The Morgan fingerprint density at radius 1 is 1.43 bits per heavy atom. The zero-order valence-electron chi connectivity index (χ0n) is 15.9. The second kappa shape index (κ2) is 8.94. The van der Waals surface area contributed by atoms with Crippen LogP contribution in [0.5, 0.6) is 0 Å². The molecule has 28 heavy (non-hydrogen) atoms. The van der Waals surface area contributed by atoms with Crippen molar-refractivity contribution in [3.63, 3.8) is 0 Å². The molecule has 2 heterocycles. The summed E-state index contributed by atoms with van der Waals surface area (Å²) in [5.74, 6) is -0.284. The summed E-state index contributed by atoms with van der Waals surface area (Å²) in [5, 5.41) is 2.04. The first-order valence-electron chi connectivity index (χ1n) is 9.07. The van der Waals surface area contributed by atoms with Crippen LogP contribution in [-0.4, -0.2) is 52.0 Å². The molecule has 0 saturated carbocycles. The minimum atomic E-state index is -4.09. The highest BCUT2D eigenvalue weighted by Crippen LogP contribution is 2.35. The standard InChI is InChI=1S/C18H24ClFN4O2S2/c1-23(2)7-3-4-13-5-8-24(12-13)16-11-15(20)17(10-14(16)19)28(25,26)22-18-21-6-9-27-18/h6,9-11,13H,3-5,7-8,12H2,1-2H3,(H,21,22). The quantitative estimate of drug-likeness (QED) is 0.666. The fourth-order valence-electron chi connectivity index (χ4n) is 3.39. The summed E-state index contributed by atoms with van der Waals surface area (Å²) in [6.07, 6.45) is 4.72. The molecule has 1 aromatic carbocycles. The second-order valence-corrected chi connectivity index (χ2v) is 10.2. The third-order valence-corrected chi connectivity index (χ3v) is 7.26. The average molecular weight is 447 g/mol. The molecule has 1 saturated heterocycles. The molecule has 1 aliphatic rings. The molecule has 1 unspecified atom stereocenters. The Morgan fingerprint density at radius 2 is 2.21 bits per heavy atom. The smallest absolute Gasteiger partial charge is 0.266 e. The molecule has 10 heteroatoms. The van der Waals surface area contributed by atoms with E-state index in [0.29, 0.717) is 11.6 Å². The molecule has 1 aliphatic heterocycles. The highest BCUT2D eigenvalue weighted by atomic mass is 35.5. The summed E-state index contributed by atoms with van der Waals surface area (Å²) in [4.78, 5) is 7.59. The first kappa shape index (κ1) is 21.3. The van der Waals surface area contributed by atoms with Gasteiger partial charge >= 0.3 is 0 Å². The summed E-state index contributed by atoms with van der Waals surface area (Å²) in [5.41, 5.74) is 0.544. The average Bonchev–Trinajstić information content (AvgIpc) is 3.28. The van der Waals surface area contributed by atoms with E-state index in [1.165, 1.54) is 18.3 Å². The molecular formula is C18H24ClFN4O2S2. The van der Waals surface area contributed by atoms with Crippen molar-refractivity contribution in [3.8, 4) is 0 Å². The van der Waals surface area contributed by atoms with Crippen molar-refractivity contribution in [2.24, 2.45) is 5.92 Å². The molecule has 0 aliphatic carbocycles. The van der Waals surface area contributed by atoms with Crippen LogP contribution in [0.1, 0.15) is 19.3 Å². The van der Waals surface area contributed by atoms with Gasteiger partial charge in [-0.2, -0.15) is 0 Å². The first-order chi connectivity index (χ1) is 13.3. The molecule has 1 fully saturated rings. The molecule has 2 aromatic rings. The number of nitrogens with one attached hydrogen (secondary N) is 1. The van der Waals surface area contributed by atoms with E-state index >= 15 is 0 Å². The maximum atomic E-state index is 14.7. The van der Waals surface area contributed by atoms with E-state index in [2.05, 4.69) is 28.7 Å². The normalized spacial score (nSPS) is 17.5. The SMILES string of the molecule is CN(C)CCCC1CCN(c2cc(F)c(S(=O)(=O)Nc3nccs3)cc2Cl)C1. The molecule has 1 aromatic heterocycles. The van der Waals surface area contributed by atoms with E-state index in [9.17, 15) is 12.8 Å². The van der Waals surface area contributed by atoms with Crippen LogP contribution < -0.4 is 9.62 Å². The maximum Gasteiger partial charge on any atom is 0.266 e. The first-order valence-corrected chi connectivity index (χ1v) is 11.8. The van der Waals surface area contributed by atoms with Gasteiger partial charge in [0.15, 0.2) is 5.13 Å². The molecule has 154 valence electrons. The number of sulfonamides is 1. The van der Waals surface area contributed by atoms with E-state index in [4.69, 9.17) is 11.6 Å². The van der Waals surface area contributed by atoms with Crippen molar-refractivity contribution < 1.29 is 12.8 Å². The Hall–Kier alpha value is -1.42. The number of anilines is 2. The van der Waals surface area contributed by atoms with Crippen molar-refractivity contribution in [2.75, 3.05) is 43.4 Å². The van der Waals surface area contributed by atoms with Crippen LogP contribution in [-0.2, 0) is 10.0 Å². The Balaban J connectivity index is 1.72. The van der Waals surface area contributed by atoms with E-state index in [0.717, 1.165) is 50.2 Å². The number of aromatic nitrogens is 1. The van der Waals surface area contributed by atoms with Gasteiger partial charge in [-0.25, -0.2) is 17.8 Å². The van der Waals surface area contributed by atoms with Gasteiger partial charge in [0, 0.05) is 30.7 Å². The Kier molecular flexibility index (Phi) is 6.80. The van der Waals surface area contributed by atoms with Gasteiger partial charge in [0.2, 0.25) is 0 Å². The zero-order valence-corrected chi connectivity index (χ0v) is 18.2. The highest BCUT2D eigenvalue weighted by Gasteiger charge is 2.27. The van der Waals surface area contributed by atoms with E-state index in [1.807, 2.05) is 4.90 Å². The van der Waals surface area contributed by atoms with Crippen molar-refractivity contribution >= 4 is 43.8 Å². The molecule has 0 radical (unpaired) electrons. The molecule has 1 N–H and O–H groups in total. The van der Waals surface area contributed by atoms with Crippen LogP contribution >= 0.6 is 22.9 Å². The molecule has 1 atom stereocenters. The monoisotopic (exact) mass is 446 g/mol. The summed E-state index contributed by atoms with van der Waals surface area (Å²) in [6, 6.07) is 2.41. The molecule has 0 amide bonds. The van der Waals surface area contributed by atoms with Crippen LogP contribution in [0.25, 0.3) is 0 Å². The fraction of sp³-hybridized carbons (Fsp3) is 0.500. The summed E-state index contributed by atoms with van der Waals surface area (Å²) in [6.45, 7) is 2.63. The zero-order chi connectivity index (χ0) is 20.3. The van der Waals surface area contributed by atoms with E-state index in [-0.39, 0.29) is 10.2 Å². The summed E-state index contributed by atoms with van der Waals surface area (Å²) >= 11 is 7.46. The molecule has 0 bridgehead atoms. The maximum absolute atomic E-state index is 14.7. The predicted octanol–water partition coefficient (Wildman–Crippen LogP) is 3.90. The topological polar surface area (TPSA) is 65.5 Å². The predicted molar refractivity (Wildman–Crippen MR) is 112 cm³/mol. The van der Waals surface area contributed by atoms with Crippen molar-refractivity contribution in [3.05, 3.63) is 34.5 Å². The van der Waals surface area contributed by atoms with Gasteiger partial charge in [0.1, 0.15) is 10.7 Å². The number of halogens is 2. The minimum absolute atomic E-state index is 0.180. The minimum Gasteiger partial charge on any atom is -0.370 e. The Labute approximate surface area is 174 Å². The largest absolute Gasteiger partial charge is 0.370 e. The van der Waals surface area contributed by atoms with Crippen LogP contribution in [0, 0.1) is 11.7 Å². The van der Waals surface area contributed by atoms with Crippen molar-refractivity contribution in [1.29, 1.82) is 0 Å². The lowest BCUT2D eigenvalue weighted by Crippen LogP contribution is -2.22. The lowest BCUT2D eigenvalue weighted by Gasteiger charge is -2.21.